The molecule has 1 saturated carbocycles. The number of nitrogens with zero attached hydrogens (tertiary/aromatic N) is 2. The molecule has 190 valence electrons. The third-order valence-corrected chi connectivity index (χ3v) is 6.34. The molecule has 1 aliphatic carbocycles. The zero-order valence-electron chi connectivity index (χ0n) is 19.9. The topological polar surface area (TPSA) is 82.1 Å². The lowest BCUT2D eigenvalue weighted by molar-refractivity contribution is -0.142. The van der Waals surface area contributed by atoms with Gasteiger partial charge in [0.2, 0.25) is 5.91 Å². The highest BCUT2D eigenvalue weighted by molar-refractivity contribution is 5.99. The lowest BCUT2D eigenvalue weighted by Gasteiger charge is -2.38. The van der Waals surface area contributed by atoms with E-state index < -0.39 is 31.0 Å². The molecule has 0 aromatic heterocycles. The molecule has 2 N–H and O–H groups in total. The number of likely N-dealkylation sites (N-methyl/N-ethyl adjacent to an activating group) is 1. The van der Waals surface area contributed by atoms with E-state index in [4.69, 9.17) is 4.74 Å². The maximum Gasteiger partial charge on any atom is 0.389 e. The van der Waals surface area contributed by atoms with Gasteiger partial charge in [-0.25, -0.2) is 0 Å². The number of nitrogens with one attached hydrogen (secondary N) is 1. The molecule has 3 atom stereocenters. The van der Waals surface area contributed by atoms with E-state index in [9.17, 15) is 27.9 Å². The summed E-state index contributed by atoms with van der Waals surface area (Å²) in [6.07, 6.45) is -4.08. The maximum atomic E-state index is 13.4. The predicted molar refractivity (Wildman–Crippen MR) is 122 cm³/mol. The van der Waals surface area contributed by atoms with Gasteiger partial charge in [-0.3, -0.25) is 9.59 Å². The number of ether oxygens (including phenoxy) is 1. The van der Waals surface area contributed by atoms with Crippen molar-refractivity contribution in [3.63, 3.8) is 0 Å². The van der Waals surface area contributed by atoms with Crippen molar-refractivity contribution < 1.29 is 32.6 Å². The van der Waals surface area contributed by atoms with Crippen LogP contribution in [0.4, 0.5) is 18.9 Å². The molecule has 0 radical (unpaired) electrons. The third-order valence-electron chi connectivity index (χ3n) is 6.34. The lowest BCUT2D eigenvalue weighted by atomic mass is 9.99. The number of anilines is 1. The van der Waals surface area contributed by atoms with Gasteiger partial charge in [-0.1, -0.05) is 6.92 Å². The first kappa shape index (κ1) is 26.3. The van der Waals surface area contributed by atoms with Crippen molar-refractivity contribution >= 4 is 17.5 Å². The molecule has 1 aromatic rings. The van der Waals surface area contributed by atoms with Crippen molar-refractivity contribution in [2.45, 2.75) is 57.9 Å². The molecule has 2 amide bonds. The van der Waals surface area contributed by atoms with Gasteiger partial charge in [0.1, 0.15) is 11.9 Å². The van der Waals surface area contributed by atoms with E-state index >= 15 is 0 Å². The molecular formula is C24H34F3N3O4. The summed E-state index contributed by atoms with van der Waals surface area (Å²) in [5, 5.41) is 12.2. The quantitative estimate of drug-likeness (QED) is 0.559. The van der Waals surface area contributed by atoms with Crippen molar-refractivity contribution in [3.8, 4) is 5.75 Å². The largest absolute Gasteiger partial charge is 0.488 e. The first-order valence-corrected chi connectivity index (χ1v) is 11.7. The van der Waals surface area contributed by atoms with E-state index in [1.54, 1.807) is 17.9 Å². The van der Waals surface area contributed by atoms with Crippen molar-refractivity contribution in [2.75, 3.05) is 38.6 Å². The number of hydrogen-bond acceptors (Lipinski definition) is 5. The van der Waals surface area contributed by atoms with Crippen LogP contribution >= 0.6 is 0 Å². The van der Waals surface area contributed by atoms with E-state index in [1.807, 2.05) is 14.0 Å². The summed E-state index contributed by atoms with van der Waals surface area (Å²) < 4.78 is 43.6. The molecule has 1 aromatic carbocycles. The molecule has 10 heteroatoms. The summed E-state index contributed by atoms with van der Waals surface area (Å²) in [5.74, 6) is -0.0821. The molecule has 0 unspecified atom stereocenters. The third kappa shape index (κ3) is 7.33. The second kappa shape index (κ2) is 10.9. The smallest absolute Gasteiger partial charge is 0.389 e. The number of aliphatic hydroxyl groups excluding tert-OH is 1. The van der Waals surface area contributed by atoms with Gasteiger partial charge < -0.3 is 25.0 Å². The van der Waals surface area contributed by atoms with Gasteiger partial charge in [-0.2, -0.15) is 13.2 Å². The molecular weight excluding hydrogens is 451 g/mol. The number of carbonyl (C=O) groups excluding carboxylic acids is 2. The summed E-state index contributed by atoms with van der Waals surface area (Å²) in [6, 6.07) is 4.09. The highest BCUT2D eigenvalue weighted by atomic mass is 19.4. The Labute approximate surface area is 198 Å². The molecule has 2 aliphatic rings. The molecule has 1 fully saturated rings. The van der Waals surface area contributed by atoms with Gasteiger partial charge in [0.15, 0.2) is 0 Å². The maximum absolute atomic E-state index is 13.4. The molecule has 0 spiro atoms. The van der Waals surface area contributed by atoms with Crippen LogP contribution in [0.5, 0.6) is 5.75 Å². The Kier molecular flexibility index (Phi) is 8.46. The summed E-state index contributed by atoms with van der Waals surface area (Å²) in [7, 11) is 2.05. The Balaban J connectivity index is 1.83. The van der Waals surface area contributed by atoms with Crippen molar-refractivity contribution in [3.05, 3.63) is 23.8 Å². The van der Waals surface area contributed by atoms with Crippen LogP contribution in [0.3, 0.4) is 0 Å². The van der Waals surface area contributed by atoms with E-state index in [-0.39, 0.29) is 35.8 Å². The molecule has 7 nitrogen and oxygen atoms in total. The lowest BCUT2D eigenvalue weighted by Crippen LogP contribution is -2.50. The minimum atomic E-state index is -4.42. The molecule has 0 bridgehead atoms. The molecule has 1 aliphatic heterocycles. The fraction of sp³-hybridized carbons (Fsp3) is 0.667. The number of hydrogen-bond donors (Lipinski definition) is 2. The van der Waals surface area contributed by atoms with Crippen LogP contribution in [-0.2, 0) is 4.79 Å². The van der Waals surface area contributed by atoms with Crippen molar-refractivity contribution in [1.82, 2.24) is 9.80 Å². The molecule has 34 heavy (non-hydrogen) atoms. The van der Waals surface area contributed by atoms with Gasteiger partial charge in [-0.15, -0.1) is 0 Å². The number of aliphatic hydroxyl groups is 1. The van der Waals surface area contributed by atoms with Crippen LogP contribution in [-0.4, -0.2) is 78.3 Å². The van der Waals surface area contributed by atoms with E-state index in [2.05, 4.69) is 10.2 Å². The van der Waals surface area contributed by atoms with Crippen LogP contribution in [0.15, 0.2) is 18.2 Å². The number of fused-ring (bicyclic) bond motifs is 1. The van der Waals surface area contributed by atoms with Gasteiger partial charge in [-0.05, 0) is 50.9 Å². The number of halogens is 3. The summed E-state index contributed by atoms with van der Waals surface area (Å²) >= 11 is 0. The number of alkyl halides is 3. The SMILES string of the molecule is C[C@H]1CN([C@@H](C)CO)C(=O)c2cc(NC(=O)CCC(F)(F)F)ccc2O[C@H]1CN(C)CC1CC1. The number of rotatable bonds is 9. The Bertz CT molecular complexity index is 876. The minimum absolute atomic E-state index is 0.00509. The van der Waals surface area contributed by atoms with Crippen molar-refractivity contribution in [2.24, 2.45) is 11.8 Å². The van der Waals surface area contributed by atoms with Crippen LogP contribution in [0.1, 0.15) is 49.9 Å². The van der Waals surface area contributed by atoms with Gasteiger partial charge in [0.25, 0.3) is 5.91 Å². The zero-order valence-corrected chi connectivity index (χ0v) is 19.9. The van der Waals surface area contributed by atoms with Crippen LogP contribution in [0, 0.1) is 11.8 Å². The number of benzene rings is 1. The monoisotopic (exact) mass is 485 g/mol. The summed E-state index contributed by atoms with van der Waals surface area (Å²) in [5.41, 5.74) is 0.422. The first-order chi connectivity index (χ1) is 16.0. The van der Waals surface area contributed by atoms with Gasteiger partial charge >= 0.3 is 6.18 Å². The highest BCUT2D eigenvalue weighted by Gasteiger charge is 2.34. The summed E-state index contributed by atoms with van der Waals surface area (Å²) in [6.45, 7) is 5.59. The van der Waals surface area contributed by atoms with E-state index in [0.717, 1.165) is 12.5 Å². The van der Waals surface area contributed by atoms with E-state index in [1.165, 1.54) is 25.0 Å². The molecule has 1 heterocycles. The van der Waals surface area contributed by atoms with Crippen LogP contribution < -0.4 is 10.1 Å². The molecule has 3 rings (SSSR count). The summed E-state index contributed by atoms with van der Waals surface area (Å²) in [4.78, 5) is 29.2. The van der Waals surface area contributed by atoms with Crippen LogP contribution in [0.25, 0.3) is 0 Å². The zero-order chi connectivity index (χ0) is 25.0. The second-order valence-electron chi connectivity index (χ2n) is 9.66. The average Bonchev–Trinajstić information content (AvgIpc) is 3.58. The second-order valence-corrected chi connectivity index (χ2v) is 9.66. The van der Waals surface area contributed by atoms with E-state index in [0.29, 0.717) is 18.8 Å². The Hall–Kier alpha value is -2.33. The van der Waals surface area contributed by atoms with Crippen LogP contribution in [0.2, 0.25) is 0 Å². The average molecular weight is 486 g/mol. The predicted octanol–water partition coefficient (Wildman–Crippen LogP) is 3.53. The minimum Gasteiger partial charge on any atom is -0.488 e. The Morgan fingerprint density at radius 1 is 1.32 bits per heavy atom. The number of amides is 2. The Morgan fingerprint density at radius 2 is 2.03 bits per heavy atom. The van der Waals surface area contributed by atoms with Gasteiger partial charge in [0.05, 0.1) is 24.6 Å². The molecule has 0 saturated heterocycles. The number of carbonyl (C=O) groups is 2. The fourth-order valence-corrected chi connectivity index (χ4v) is 4.12. The Morgan fingerprint density at radius 3 is 2.65 bits per heavy atom. The first-order valence-electron chi connectivity index (χ1n) is 11.7. The fourth-order valence-electron chi connectivity index (χ4n) is 4.12. The highest BCUT2D eigenvalue weighted by Crippen LogP contribution is 2.32. The normalized spacial score (nSPS) is 22.0. The standard InChI is InChI=1S/C24H34F3N3O4/c1-15-11-30(16(2)14-31)23(33)19-10-18(28-22(32)8-9-24(25,26)27)6-7-20(19)34-21(15)13-29(3)12-17-4-5-17/h6-7,10,15-17,21,31H,4-5,8-9,11-14H2,1-3H3,(H,28,32)/t15-,16-,21-/m0/s1. The van der Waals surface area contributed by atoms with Crippen molar-refractivity contribution in [1.29, 1.82) is 0 Å². The van der Waals surface area contributed by atoms with Gasteiger partial charge in [0, 0.05) is 37.7 Å².